The van der Waals surface area contributed by atoms with Gasteiger partial charge in [-0.3, -0.25) is 14.9 Å². The maximum atomic E-state index is 11.9. The smallest absolute Gasteiger partial charge is 0.338 e. The summed E-state index contributed by atoms with van der Waals surface area (Å²) < 4.78 is 4.94. The van der Waals surface area contributed by atoms with Gasteiger partial charge in [0.1, 0.15) is 0 Å². The van der Waals surface area contributed by atoms with Crippen LogP contribution in [0.1, 0.15) is 20.8 Å². The molecular weight excluding hydrogens is 376 g/mol. The highest BCUT2D eigenvalue weighted by Crippen LogP contribution is 2.19. The number of nitro benzene ring substituents is 1. The quantitative estimate of drug-likeness (QED) is 0.304. The predicted molar refractivity (Wildman–Crippen MR) is 102 cm³/mol. The van der Waals surface area contributed by atoms with E-state index in [1.165, 1.54) is 30.0 Å². The second-order valence-corrected chi connectivity index (χ2v) is 7.45. The van der Waals surface area contributed by atoms with Crippen molar-refractivity contribution in [3.8, 4) is 0 Å². The summed E-state index contributed by atoms with van der Waals surface area (Å²) in [5.41, 5.74) is 0.461. The van der Waals surface area contributed by atoms with Crippen molar-refractivity contribution in [3.63, 3.8) is 0 Å². The first kappa shape index (κ1) is 19.9. The number of nitrogens with zero attached hydrogens (tertiary/aromatic N) is 1. The number of aryl methyl sites for hydroxylation is 1. The minimum Gasteiger partial charge on any atom is -0.452 e. The van der Waals surface area contributed by atoms with Gasteiger partial charge in [0.2, 0.25) is 0 Å². The number of nitro groups is 1. The van der Waals surface area contributed by atoms with Crippen molar-refractivity contribution in [2.24, 2.45) is 0 Å². The average molecular weight is 394 g/mol. The number of rotatable bonds is 9. The van der Waals surface area contributed by atoms with E-state index in [4.69, 9.17) is 4.74 Å². The Bertz CT molecular complexity index is 777. The minimum atomic E-state index is -0.690. The fourth-order valence-corrected chi connectivity index (χ4v) is 3.78. The standard InChI is InChI=1S/C17H18N2O5S2/c1-12-9-13(4-5-15(12)19(22)23)17(21)24-10-16(20)18-6-8-25-11-14-3-2-7-26-14/h2-5,7,9H,6,8,10-11H2,1H3,(H,18,20). The lowest BCUT2D eigenvalue weighted by molar-refractivity contribution is -0.385. The van der Waals surface area contributed by atoms with E-state index in [2.05, 4.69) is 11.4 Å². The van der Waals surface area contributed by atoms with Crippen LogP contribution >= 0.6 is 23.1 Å². The summed E-state index contributed by atoms with van der Waals surface area (Å²) in [5, 5.41) is 15.5. The molecule has 1 amide bonds. The Labute approximate surface area is 158 Å². The molecule has 0 spiro atoms. The molecule has 1 heterocycles. The first-order valence-corrected chi connectivity index (χ1v) is 9.80. The van der Waals surface area contributed by atoms with Crippen LogP contribution in [0.25, 0.3) is 0 Å². The summed E-state index contributed by atoms with van der Waals surface area (Å²) in [6.07, 6.45) is 0. The molecule has 0 radical (unpaired) electrons. The van der Waals surface area contributed by atoms with Crippen molar-refractivity contribution in [3.05, 3.63) is 61.8 Å². The van der Waals surface area contributed by atoms with Gasteiger partial charge < -0.3 is 10.1 Å². The van der Waals surface area contributed by atoms with Gasteiger partial charge in [-0.2, -0.15) is 11.8 Å². The molecule has 1 N–H and O–H groups in total. The number of nitrogens with one attached hydrogen (secondary N) is 1. The normalized spacial score (nSPS) is 10.3. The highest BCUT2D eigenvalue weighted by Gasteiger charge is 2.15. The average Bonchev–Trinajstić information content (AvgIpc) is 3.12. The third-order valence-electron chi connectivity index (χ3n) is 3.36. The molecule has 0 saturated carbocycles. The molecule has 0 fully saturated rings. The summed E-state index contributed by atoms with van der Waals surface area (Å²) in [6.45, 7) is 1.64. The first-order valence-electron chi connectivity index (χ1n) is 7.76. The van der Waals surface area contributed by atoms with Gasteiger partial charge in [0, 0.05) is 34.6 Å². The number of amides is 1. The topological polar surface area (TPSA) is 98.5 Å². The van der Waals surface area contributed by atoms with Crippen molar-refractivity contribution < 1.29 is 19.2 Å². The van der Waals surface area contributed by atoms with Gasteiger partial charge in [-0.1, -0.05) is 6.07 Å². The van der Waals surface area contributed by atoms with Crippen LogP contribution in [0.4, 0.5) is 5.69 Å². The zero-order chi connectivity index (χ0) is 18.9. The van der Waals surface area contributed by atoms with Gasteiger partial charge in [0.05, 0.1) is 10.5 Å². The van der Waals surface area contributed by atoms with Gasteiger partial charge in [-0.25, -0.2) is 4.79 Å². The molecule has 0 unspecified atom stereocenters. The van der Waals surface area contributed by atoms with E-state index in [0.29, 0.717) is 12.1 Å². The fraction of sp³-hybridized carbons (Fsp3) is 0.294. The van der Waals surface area contributed by atoms with Gasteiger partial charge in [0.25, 0.3) is 11.6 Å². The molecule has 0 saturated heterocycles. The molecule has 0 aliphatic heterocycles. The maximum Gasteiger partial charge on any atom is 0.338 e. The Kier molecular flexibility index (Phi) is 7.61. The van der Waals surface area contributed by atoms with Crippen molar-refractivity contribution >= 4 is 40.7 Å². The highest BCUT2D eigenvalue weighted by molar-refractivity contribution is 7.98. The number of carbonyl (C=O) groups excluding carboxylic acids is 2. The van der Waals surface area contributed by atoms with Crippen molar-refractivity contribution in [2.45, 2.75) is 12.7 Å². The van der Waals surface area contributed by atoms with Crippen LogP contribution in [0.15, 0.2) is 35.7 Å². The Morgan fingerprint density at radius 1 is 1.35 bits per heavy atom. The first-order chi connectivity index (χ1) is 12.5. The monoisotopic (exact) mass is 394 g/mol. The Balaban J connectivity index is 1.67. The summed E-state index contributed by atoms with van der Waals surface area (Å²) in [5.74, 6) is 0.597. The van der Waals surface area contributed by atoms with Gasteiger partial charge in [-0.15, -0.1) is 11.3 Å². The molecule has 26 heavy (non-hydrogen) atoms. The van der Waals surface area contributed by atoms with Crippen LogP contribution in [0.2, 0.25) is 0 Å². The lowest BCUT2D eigenvalue weighted by atomic mass is 10.1. The number of benzene rings is 1. The number of esters is 1. The minimum absolute atomic E-state index is 0.0701. The van der Waals surface area contributed by atoms with E-state index in [-0.39, 0.29) is 23.8 Å². The van der Waals surface area contributed by atoms with E-state index in [0.717, 1.165) is 11.5 Å². The van der Waals surface area contributed by atoms with Crippen LogP contribution < -0.4 is 5.32 Å². The molecule has 2 rings (SSSR count). The lowest BCUT2D eigenvalue weighted by Crippen LogP contribution is -2.30. The van der Waals surface area contributed by atoms with E-state index in [9.17, 15) is 19.7 Å². The Morgan fingerprint density at radius 2 is 2.15 bits per heavy atom. The van der Waals surface area contributed by atoms with E-state index >= 15 is 0 Å². The van der Waals surface area contributed by atoms with Crippen LogP contribution in [-0.4, -0.2) is 35.7 Å². The molecule has 0 aliphatic rings. The number of thioether (sulfide) groups is 1. The lowest BCUT2D eigenvalue weighted by Gasteiger charge is -2.07. The van der Waals surface area contributed by atoms with E-state index < -0.39 is 10.9 Å². The molecule has 9 heteroatoms. The summed E-state index contributed by atoms with van der Waals surface area (Å²) in [7, 11) is 0. The molecule has 7 nitrogen and oxygen atoms in total. The molecule has 0 atom stereocenters. The number of hydrogen-bond donors (Lipinski definition) is 1. The van der Waals surface area contributed by atoms with Gasteiger partial charge in [-0.05, 0) is 30.5 Å². The summed E-state index contributed by atoms with van der Waals surface area (Å²) >= 11 is 3.41. The van der Waals surface area contributed by atoms with Crippen molar-refractivity contribution in [1.29, 1.82) is 0 Å². The van der Waals surface area contributed by atoms with Crippen molar-refractivity contribution in [1.82, 2.24) is 5.32 Å². The van der Waals surface area contributed by atoms with Crippen LogP contribution in [0.5, 0.6) is 0 Å². The fourth-order valence-electron chi connectivity index (χ4n) is 2.08. The largest absolute Gasteiger partial charge is 0.452 e. The van der Waals surface area contributed by atoms with Crippen LogP contribution in [0, 0.1) is 17.0 Å². The maximum absolute atomic E-state index is 11.9. The van der Waals surface area contributed by atoms with Crippen molar-refractivity contribution in [2.75, 3.05) is 18.9 Å². The Hall–Kier alpha value is -2.39. The molecule has 1 aromatic heterocycles. The molecule has 1 aromatic carbocycles. The molecular formula is C17H18N2O5S2. The van der Waals surface area contributed by atoms with Gasteiger partial charge in [0.15, 0.2) is 6.61 Å². The molecule has 0 aliphatic carbocycles. The number of carbonyl (C=O) groups is 2. The summed E-state index contributed by atoms with van der Waals surface area (Å²) in [6, 6.07) is 8.00. The molecule has 0 bridgehead atoms. The second kappa shape index (κ2) is 9.93. The third kappa shape index (κ3) is 6.16. The predicted octanol–water partition coefficient (Wildman–Crippen LogP) is 3.17. The van der Waals surface area contributed by atoms with Crippen LogP contribution in [0.3, 0.4) is 0 Å². The zero-order valence-corrected chi connectivity index (χ0v) is 15.7. The zero-order valence-electron chi connectivity index (χ0n) is 14.1. The number of ether oxygens (including phenoxy) is 1. The number of hydrogen-bond acceptors (Lipinski definition) is 7. The summed E-state index contributed by atoms with van der Waals surface area (Å²) in [4.78, 5) is 35.1. The SMILES string of the molecule is Cc1cc(C(=O)OCC(=O)NCCSCc2cccs2)ccc1[N+](=O)[O-]. The van der Waals surface area contributed by atoms with Crippen LogP contribution in [-0.2, 0) is 15.3 Å². The third-order valence-corrected chi connectivity index (χ3v) is 5.42. The number of thiophene rings is 1. The molecule has 2 aromatic rings. The Morgan fingerprint density at radius 3 is 2.81 bits per heavy atom. The second-order valence-electron chi connectivity index (χ2n) is 5.32. The highest BCUT2D eigenvalue weighted by atomic mass is 32.2. The van der Waals surface area contributed by atoms with E-state index in [1.54, 1.807) is 23.1 Å². The van der Waals surface area contributed by atoms with E-state index in [1.807, 2.05) is 11.4 Å². The molecule has 138 valence electrons. The van der Waals surface area contributed by atoms with Gasteiger partial charge >= 0.3 is 5.97 Å².